The number of fused-ring (bicyclic) bond motifs is 1. The molecule has 0 unspecified atom stereocenters. The minimum Gasteiger partial charge on any atom is -0.491 e. The average Bonchev–Trinajstić information content (AvgIpc) is 2.59. The van der Waals surface area contributed by atoms with Gasteiger partial charge in [0.2, 0.25) is 0 Å². The molecule has 118 valence electrons. The van der Waals surface area contributed by atoms with E-state index >= 15 is 0 Å². The minimum atomic E-state index is -0.504. The first-order chi connectivity index (χ1) is 11.2. The first-order valence-corrected chi connectivity index (χ1v) is 7.47. The Kier molecular flexibility index (Phi) is 4.57. The largest absolute Gasteiger partial charge is 0.491 e. The number of anilines is 1. The fraction of sp³-hybridized carbons (Fsp3) is 0.176. The van der Waals surface area contributed by atoms with E-state index in [9.17, 15) is 4.39 Å². The summed E-state index contributed by atoms with van der Waals surface area (Å²) in [5, 5.41) is 0.940. The van der Waals surface area contributed by atoms with Crippen LogP contribution in [0.4, 0.5) is 10.2 Å². The molecule has 0 N–H and O–H groups in total. The van der Waals surface area contributed by atoms with Gasteiger partial charge in [0.1, 0.15) is 24.8 Å². The van der Waals surface area contributed by atoms with Crippen molar-refractivity contribution in [3.05, 3.63) is 48.7 Å². The Balaban J connectivity index is 1.90. The molecular formula is C17H15ClFN3O. The molecule has 0 amide bonds. The monoisotopic (exact) mass is 331 g/mol. The Bertz CT molecular complexity index is 809. The van der Waals surface area contributed by atoms with Crippen LogP contribution >= 0.6 is 11.8 Å². The molecule has 23 heavy (non-hydrogen) atoms. The number of rotatable bonds is 5. The van der Waals surface area contributed by atoms with E-state index < -0.39 is 6.67 Å². The zero-order valence-corrected chi connectivity index (χ0v) is 13.3. The molecule has 0 bridgehead atoms. The Morgan fingerprint density at radius 2 is 2.04 bits per heavy atom. The lowest BCUT2D eigenvalue weighted by Gasteiger charge is -2.09. The lowest BCUT2D eigenvalue weighted by atomic mass is 10.1. The molecule has 0 aliphatic carbocycles. The fourth-order valence-corrected chi connectivity index (χ4v) is 2.33. The van der Waals surface area contributed by atoms with Gasteiger partial charge in [0.05, 0.1) is 11.2 Å². The van der Waals surface area contributed by atoms with Gasteiger partial charge in [0.25, 0.3) is 0 Å². The van der Waals surface area contributed by atoms with Crippen molar-refractivity contribution in [2.75, 3.05) is 24.7 Å². The summed E-state index contributed by atoms with van der Waals surface area (Å²) in [4.78, 5) is 8.91. The molecule has 6 heteroatoms. The van der Waals surface area contributed by atoms with Crippen molar-refractivity contribution < 1.29 is 9.13 Å². The van der Waals surface area contributed by atoms with Crippen LogP contribution < -0.4 is 9.16 Å². The van der Waals surface area contributed by atoms with Crippen LogP contribution in [-0.4, -0.2) is 30.3 Å². The van der Waals surface area contributed by atoms with E-state index in [1.54, 1.807) is 19.3 Å². The number of nitrogens with zero attached hydrogens (tertiary/aromatic N) is 3. The molecule has 0 radical (unpaired) electrons. The predicted molar refractivity (Wildman–Crippen MR) is 90.7 cm³/mol. The number of aromatic nitrogens is 2. The fourth-order valence-electron chi connectivity index (χ4n) is 2.23. The van der Waals surface area contributed by atoms with Crippen LogP contribution in [0.5, 0.6) is 5.75 Å². The number of hydrogen-bond donors (Lipinski definition) is 0. The minimum absolute atomic E-state index is 0.0596. The van der Waals surface area contributed by atoms with Gasteiger partial charge in [-0.05, 0) is 36.4 Å². The smallest absolute Gasteiger partial charge is 0.142 e. The van der Waals surface area contributed by atoms with E-state index in [1.807, 2.05) is 36.4 Å². The summed E-state index contributed by atoms with van der Waals surface area (Å²) in [5.74, 6) is 1.31. The molecule has 0 fully saturated rings. The standard InChI is InChI=1S/C17H15ClFN3O/c1-22(18)17-7-3-13(11-20-17)16-5-2-12-10-14(23-9-8-19)4-6-15(12)21-16/h2-7,10-11H,8-9H2,1H3. The zero-order chi connectivity index (χ0) is 16.2. The van der Waals surface area contributed by atoms with E-state index in [-0.39, 0.29) is 6.61 Å². The second-order valence-electron chi connectivity index (χ2n) is 4.97. The van der Waals surface area contributed by atoms with E-state index in [4.69, 9.17) is 16.5 Å². The van der Waals surface area contributed by atoms with Gasteiger partial charge in [0.15, 0.2) is 0 Å². The van der Waals surface area contributed by atoms with Crippen molar-refractivity contribution in [3.8, 4) is 17.0 Å². The summed E-state index contributed by atoms with van der Waals surface area (Å²) in [6.45, 7) is -0.445. The highest BCUT2D eigenvalue weighted by Crippen LogP contribution is 2.25. The summed E-state index contributed by atoms with van der Waals surface area (Å²) in [5.41, 5.74) is 2.58. The molecular weight excluding hydrogens is 317 g/mol. The predicted octanol–water partition coefficient (Wildman–Crippen LogP) is 4.24. The number of ether oxygens (including phenoxy) is 1. The van der Waals surface area contributed by atoms with Gasteiger partial charge in [-0.3, -0.25) is 4.42 Å². The molecule has 2 heterocycles. The highest BCUT2D eigenvalue weighted by atomic mass is 35.5. The molecule has 4 nitrogen and oxygen atoms in total. The van der Waals surface area contributed by atoms with Crippen LogP contribution in [0.1, 0.15) is 0 Å². The zero-order valence-electron chi connectivity index (χ0n) is 12.5. The van der Waals surface area contributed by atoms with E-state index in [1.165, 1.54) is 4.42 Å². The van der Waals surface area contributed by atoms with Gasteiger partial charge in [-0.2, -0.15) is 0 Å². The van der Waals surface area contributed by atoms with Crippen molar-refractivity contribution in [2.45, 2.75) is 0 Å². The highest BCUT2D eigenvalue weighted by Gasteiger charge is 2.05. The molecule has 0 aliphatic rings. The third-order valence-electron chi connectivity index (χ3n) is 3.37. The third kappa shape index (κ3) is 3.51. The molecule has 0 aliphatic heterocycles. The van der Waals surface area contributed by atoms with Gasteiger partial charge < -0.3 is 4.74 Å². The normalized spacial score (nSPS) is 10.7. The Labute approximate surface area is 138 Å². The molecule has 2 aromatic heterocycles. The van der Waals surface area contributed by atoms with E-state index in [0.29, 0.717) is 11.6 Å². The van der Waals surface area contributed by atoms with Crippen LogP contribution in [-0.2, 0) is 0 Å². The molecule has 0 saturated carbocycles. The number of halogens is 2. The van der Waals surface area contributed by atoms with Crippen molar-refractivity contribution in [3.63, 3.8) is 0 Å². The number of alkyl halides is 1. The van der Waals surface area contributed by atoms with Gasteiger partial charge >= 0.3 is 0 Å². The van der Waals surface area contributed by atoms with Gasteiger partial charge in [-0.25, -0.2) is 14.4 Å². The lowest BCUT2D eigenvalue weighted by Crippen LogP contribution is -2.02. The van der Waals surface area contributed by atoms with Crippen molar-refractivity contribution >= 4 is 28.5 Å². The Morgan fingerprint density at radius 1 is 1.17 bits per heavy atom. The summed E-state index contributed by atoms with van der Waals surface area (Å²) in [7, 11) is 1.72. The van der Waals surface area contributed by atoms with Gasteiger partial charge in [-0.15, -0.1) is 0 Å². The average molecular weight is 332 g/mol. The maximum absolute atomic E-state index is 12.2. The summed E-state index contributed by atoms with van der Waals surface area (Å²) in [6, 6.07) is 13.1. The molecule has 0 saturated heterocycles. The third-order valence-corrected chi connectivity index (χ3v) is 3.54. The van der Waals surface area contributed by atoms with Gasteiger partial charge in [-0.1, -0.05) is 6.07 Å². The van der Waals surface area contributed by atoms with E-state index in [0.717, 1.165) is 22.2 Å². The van der Waals surface area contributed by atoms with Crippen molar-refractivity contribution in [1.82, 2.24) is 9.97 Å². The van der Waals surface area contributed by atoms with E-state index in [2.05, 4.69) is 9.97 Å². The van der Waals surface area contributed by atoms with Crippen molar-refractivity contribution in [1.29, 1.82) is 0 Å². The summed E-state index contributed by atoms with van der Waals surface area (Å²) >= 11 is 5.85. The number of pyridine rings is 2. The van der Waals surface area contributed by atoms with Crippen LogP contribution in [0.15, 0.2) is 48.7 Å². The Hall–Kier alpha value is -2.40. The number of benzene rings is 1. The van der Waals surface area contributed by atoms with Crippen LogP contribution in [0, 0.1) is 0 Å². The first kappa shape index (κ1) is 15.5. The van der Waals surface area contributed by atoms with Crippen LogP contribution in [0.3, 0.4) is 0 Å². The summed E-state index contributed by atoms with van der Waals surface area (Å²) in [6.07, 6.45) is 1.74. The molecule has 0 atom stereocenters. The summed E-state index contributed by atoms with van der Waals surface area (Å²) < 4.78 is 18.9. The quantitative estimate of drug-likeness (QED) is 0.656. The SMILES string of the molecule is CN(Cl)c1ccc(-c2ccc3cc(OCCF)ccc3n2)cn1. The highest BCUT2D eigenvalue weighted by molar-refractivity contribution is 6.24. The molecule has 3 rings (SSSR count). The van der Waals surface area contributed by atoms with Crippen LogP contribution in [0.25, 0.3) is 22.2 Å². The Morgan fingerprint density at radius 3 is 2.74 bits per heavy atom. The second kappa shape index (κ2) is 6.79. The van der Waals surface area contributed by atoms with Gasteiger partial charge in [0, 0.05) is 36.0 Å². The maximum atomic E-state index is 12.2. The molecule has 1 aromatic carbocycles. The molecule has 3 aromatic rings. The topological polar surface area (TPSA) is 38.2 Å². The number of hydrogen-bond acceptors (Lipinski definition) is 4. The van der Waals surface area contributed by atoms with Crippen molar-refractivity contribution in [2.24, 2.45) is 0 Å². The maximum Gasteiger partial charge on any atom is 0.142 e. The molecule has 0 spiro atoms. The lowest BCUT2D eigenvalue weighted by molar-refractivity contribution is 0.273. The second-order valence-corrected chi connectivity index (χ2v) is 5.48. The first-order valence-electron chi connectivity index (χ1n) is 7.13. The van der Waals surface area contributed by atoms with Crippen LogP contribution in [0.2, 0.25) is 0 Å².